The van der Waals surface area contributed by atoms with Crippen molar-refractivity contribution in [3.05, 3.63) is 11.4 Å². The quantitative estimate of drug-likeness (QED) is 0.629. The molecule has 0 aliphatic heterocycles. The van der Waals surface area contributed by atoms with Crippen LogP contribution >= 0.6 is 0 Å². The van der Waals surface area contributed by atoms with Crippen LogP contribution in [0.1, 0.15) is 38.6 Å². The molecule has 0 bridgehead atoms. The Kier molecular flexibility index (Phi) is 6.79. The third-order valence-corrected chi connectivity index (χ3v) is 4.81. The minimum absolute atomic E-state index is 0.199. The van der Waals surface area contributed by atoms with Gasteiger partial charge in [-0.05, 0) is 20.3 Å². The van der Waals surface area contributed by atoms with Crippen LogP contribution in [0.15, 0.2) is 4.90 Å². The fourth-order valence-corrected chi connectivity index (χ4v) is 3.57. The van der Waals surface area contributed by atoms with Crippen LogP contribution in [0.4, 0.5) is 0 Å². The van der Waals surface area contributed by atoms with E-state index in [1.807, 2.05) is 20.8 Å². The lowest BCUT2D eigenvalue weighted by molar-refractivity contribution is 0.188. The molecule has 0 aromatic carbocycles. The maximum atomic E-state index is 12.5. The van der Waals surface area contributed by atoms with E-state index >= 15 is 0 Å². The lowest BCUT2D eigenvalue weighted by Crippen LogP contribution is -2.34. The fourth-order valence-electron chi connectivity index (χ4n) is 1.92. The lowest BCUT2D eigenvalue weighted by atomic mass is 10.3. The first-order valence-corrected chi connectivity index (χ1v) is 8.54. The van der Waals surface area contributed by atoms with Crippen molar-refractivity contribution in [3.8, 4) is 0 Å². The summed E-state index contributed by atoms with van der Waals surface area (Å²) >= 11 is 0. The van der Waals surface area contributed by atoms with E-state index in [9.17, 15) is 8.42 Å². The maximum Gasteiger partial charge on any atom is 0.244 e. The van der Waals surface area contributed by atoms with Crippen molar-refractivity contribution in [1.29, 1.82) is 0 Å². The molecule has 1 atom stereocenters. The molecular formula is C13H26N4O3S. The van der Waals surface area contributed by atoms with Crippen molar-refractivity contribution in [2.75, 3.05) is 13.7 Å². The maximum absolute atomic E-state index is 12.5. The summed E-state index contributed by atoms with van der Waals surface area (Å²) in [7, 11) is -2.00. The normalized spacial score (nSPS) is 13.8. The van der Waals surface area contributed by atoms with Gasteiger partial charge in [0, 0.05) is 32.3 Å². The molecular weight excluding hydrogens is 292 g/mol. The van der Waals surface area contributed by atoms with Crippen molar-refractivity contribution in [2.45, 2.75) is 57.6 Å². The Morgan fingerprint density at radius 3 is 2.57 bits per heavy atom. The number of hydrogen-bond donors (Lipinski definition) is 3. The first kappa shape index (κ1) is 18.1. The Morgan fingerprint density at radius 2 is 2.00 bits per heavy atom. The van der Waals surface area contributed by atoms with Gasteiger partial charge in [-0.25, -0.2) is 13.1 Å². The van der Waals surface area contributed by atoms with Crippen molar-refractivity contribution < 1.29 is 13.2 Å². The Labute approximate surface area is 126 Å². The molecule has 0 spiro atoms. The Balaban J connectivity index is 2.89. The van der Waals surface area contributed by atoms with E-state index in [0.717, 1.165) is 0 Å². The molecule has 1 rings (SSSR count). The van der Waals surface area contributed by atoms with E-state index in [2.05, 4.69) is 20.2 Å². The molecule has 1 aromatic heterocycles. The standard InChI is InChI=1S/C13H26N4O3S/c1-9(2)14-8-12-13(11(4)15-16-12)21(18,19)17-10(3)6-7-20-5/h9-10,14,17H,6-8H2,1-5H3,(H,15,16). The molecule has 1 unspecified atom stereocenters. The van der Waals surface area contributed by atoms with Gasteiger partial charge in [0.2, 0.25) is 10.0 Å². The highest BCUT2D eigenvalue weighted by Crippen LogP contribution is 2.18. The van der Waals surface area contributed by atoms with Crippen molar-refractivity contribution in [3.63, 3.8) is 0 Å². The molecule has 21 heavy (non-hydrogen) atoms. The van der Waals surface area contributed by atoms with Gasteiger partial charge in [0.1, 0.15) is 4.90 Å². The molecule has 0 aliphatic carbocycles. The Bertz CT molecular complexity index is 540. The van der Waals surface area contributed by atoms with E-state index in [1.165, 1.54) is 0 Å². The highest BCUT2D eigenvalue weighted by molar-refractivity contribution is 7.89. The van der Waals surface area contributed by atoms with Gasteiger partial charge in [-0.15, -0.1) is 0 Å². The molecule has 1 heterocycles. The van der Waals surface area contributed by atoms with Gasteiger partial charge in [-0.2, -0.15) is 5.10 Å². The molecule has 0 aliphatic rings. The topological polar surface area (TPSA) is 96.1 Å². The monoisotopic (exact) mass is 318 g/mol. The molecule has 0 fully saturated rings. The van der Waals surface area contributed by atoms with Crippen LogP contribution in [0.3, 0.4) is 0 Å². The molecule has 122 valence electrons. The number of nitrogens with zero attached hydrogens (tertiary/aromatic N) is 1. The number of aryl methyl sites for hydroxylation is 1. The number of methoxy groups -OCH3 is 1. The zero-order valence-corrected chi connectivity index (χ0v) is 14.2. The van der Waals surface area contributed by atoms with Gasteiger partial charge >= 0.3 is 0 Å². The van der Waals surface area contributed by atoms with E-state index < -0.39 is 10.0 Å². The van der Waals surface area contributed by atoms with Crippen LogP contribution in [-0.2, 0) is 21.3 Å². The van der Waals surface area contributed by atoms with E-state index in [4.69, 9.17) is 4.74 Å². The number of ether oxygens (including phenoxy) is 1. The minimum Gasteiger partial charge on any atom is -0.385 e. The second-order valence-electron chi connectivity index (χ2n) is 5.46. The molecule has 0 saturated carbocycles. The summed E-state index contributed by atoms with van der Waals surface area (Å²) in [6.07, 6.45) is 0.617. The molecule has 3 N–H and O–H groups in total. The SMILES string of the molecule is COCCC(C)NS(=O)(=O)c1c(CNC(C)C)n[nH]c1C. The van der Waals surface area contributed by atoms with Gasteiger partial charge in [-0.3, -0.25) is 5.10 Å². The molecule has 0 amide bonds. The van der Waals surface area contributed by atoms with Crippen LogP contribution in [0.2, 0.25) is 0 Å². The van der Waals surface area contributed by atoms with Gasteiger partial charge in [0.25, 0.3) is 0 Å². The Hall–Kier alpha value is -0.960. The van der Waals surface area contributed by atoms with Crippen molar-refractivity contribution in [1.82, 2.24) is 20.2 Å². The smallest absolute Gasteiger partial charge is 0.244 e. The number of hydrogen-bond acceptors (Lipinski definition) is 5. The summed E-state index contributed by atoms with van der Waals surface area (Å²) in [5.74, 6) is 0. The average Bonchev–Trinajstić information content (AvgIpc) is 2.75. The number of nitrogens with one attached hydrogen (secondary N) is 3. The molecule has 0 saturated heterocycles. The number of rotatable bonds is 9. The molecule has 1 aromatic rings. The molecule has 8 heteroatoms. The zero-order chi connectivity index (χ0) is 16.0. The summed E-state index contributed by atoms with van der Waals surface area (Å²) in [5.41, 5.74) is 1.05. The minimum atomic E-state index is -3.60. The van der Waals surface area contributed by atoms with Crippen LogP contribution in [0.25, 0.3) is 0 Å². The van der Waals surface area contributed by atoms with Gasteiger partial charge < -0.3 is 10.1 Å². The largest absolute Gasteiger partial charge is 0.385 e. The van der Waals surface area contributed by atoms with Crippen LogP contribution < -0.4 is 10.0 Å². The highest BCUT2D eigenvalue weighted by atomic mass is 32.2. The second kappa shape index (κ2) is 7.88. The average molecular weight is 318 g/mol. The molecule has 0 radical (unpaired) electrons. The lowest BCUT2D eigenvalue weighted by Gasteiger charge is -2.15. The molecule has 7 nitrogen and oxygen atoms in total. The van der Waals surface area contributed by atoms with Gasteiger partial charge in [0.15, 0.2) is 0 Å². The van der Waals surface area contributed by atoms with E-state index in [-0.39, 0.29) is 17.0 Å². The van der Waals surface area contributed by atoms with E-state index in [0.29, 0.717) is 31.0 Å². The predicted molar refractivity (Wildman–Crippen MR) is 81.6 cm³/mol. The fraction of sp³-hybridized carbons (Fsp3) is 0.769. The number of sulfonamides is 1. The number of aromatic amines is 1. The third-order valence-electron chi connectivity index (χ3n) is 3.02. The van der Waals surface area contributed by atoms with Crippen molar-refractivity contribution >= 4 is 10.0 Å². The first-order valence-electron chi connectivity index (χ1n) is 7.06. The Morgan fingerprint density at radius 1 is 1.33 bits per heavy atom. The van der Waals surface area contributed by atoms with Crippen molar-refractivity contribution in [2.24, 2.45) is 0 Å². The summed E-state index contributed by atoms with van der Waals surface area (Å²) in [6, 6.07) is 0.0568. The van der Waals surface area contributed by atoms with Gasteiger partial charge in [0.05, 0.1) is 11.4 Å². The summed E-state index contributed by atoms with van der Waals surface area (Å²) in [6.45, 7) is 8.44. The number of aromatic nitrogens is 2. The summed E-state index contributed by atoms with van der Waals surface area (Å²) < 4.78 is 32.7. The highest BCUT2D eigenvalue weighted by Gasteiger charge is 2.25. The van der Waals surface area contributed by atoms with Gasteiger partial charge in [-0.1, -0.05) is 13.8 Å². The van der Waals surface area contributed by atoms with Crippen LogP contribution in [-0.4, -0.2) is 44.4 Å². The van der Waals surface area contributed by atoms with E-state index in [1.54, 1.807) is 14.0 Å². The zero-order valence-electron chi connectivity index (χ0n) is 13.4. The summed E-state index contributed by atoms with van der Waals surface area (Å²) in [5, 5.41) is 10.0. The second-order valence-corrected chi connectivity index (χ2v) is 7.11. The van der Waals surface area contributed by atoms with Crippen LogP contribution in [0.5, 0.6) is 0 Å². The third kappa shape index (κ3) is 5.39. The predicted octanol–water partition coefficient (Wildman–Crippen LogP) is 0.919. The summed E-state index contributed by atoms with van der Waals surface area (Å²) in [4.78, 5) is 0.236. The first-order chi connectivity index (χ1) is 9.77. The number of H-pyrrole nitrogens is 1. The van der Waals surface area contributed by atoms with Crippen LogP contribution in [0, 0.1) is 6.92 Å².